The standard InChI is InChI=1S/C24H42N2O.ClH/c27-24(25-15-8-16-26-17-21-13-7-14-22(21)18-26)23(19-9-3-1-4-10-19)20-11-5-2-6-12-20;/h19-23H,1-18H2,(H,25,27);1H. The fourth-order valence-electron chi connectivity index (χ4n) is 6.95. The monoisotopic (exact) mass is 410 g/mol. The Balaban J connectivity index is 0.00000225. The number of nitrogens with one attached hydrogen (secondary N) is 1. The number of nitrogens with zero attached hydrogens (tertiary/aromatic N) is 1. The molecule has 1 N–H and O–H groups in total. The summed E-state index contributed by atoms with van der Waals surface area (Å²) in [6.07, 6.45) is 18.8. The molecule has 4 rings (SSSR count). The average Bonchev–Trinajstić information content (AvgIpc) is 3.29. The van der Waals surface area contributed by atoms with Crippen molar-refractivity contribution in [2.45, 2.75) is 89.9 Å². The molecule has 0 aromatic heterocycles. The van der Waals surface area contributed by atoms with E-state index in [2.05, 4.69) is 10.2 Å². The van der Waals surface area contributed by atoms with Crippen LogP contribution in [0, 0.1) is 29.6 Å². The van der Waals surface area contributed by atoms with Gasteiger partial charge >= 0.3 is 0 Å². The van der Waals surface area contributed by atoms with Gasteiger partial charge in [-0.05, 0) is 75.2 Å². The molecule has 4 heteroatoms. The van der Waals surface area contributed by atoms with E-state index in [0.717, 1.165) is 24.8 Å². The van der Waals surface area contributed by atoms with Crippen molar-refractivity contribution < 1.29 is 4.79 Å². The highest BCUT2D eigenvalue weighted by molar-refractivity contribution is 5.85. The van der Waals surface area contributed by atoms with Crippen molar-refractivity contribution in [1.29, 1.82) is 0 Å². The second kappa shape index (κ2) is 11.2. The third-order valence-electron chi connectivity index (χ3n) is 8.37. The molecular formula is C24H43ClN2O. The van der Waals surface area contributed by atoms with Crippen LogP contribution < -0.4 is 5.32 Å². The lowest BCUT2D eigenvalue weighted by Crippen LogP contribution is -2.41. The first-order valence-corrected chi connectivity index (χ1v) is 12.3. The van der Waals surface area contributed by atoms with Crippen molar-refractivity contribution in [3.8, 4) is 0 Å². The zero-order valence-electron chi connectivity index (χ0n) is 17.9. The summed E-state index contributed by atoms with van der Waals surface area (Å²) in [4.78, 5) is 15.8. The molecule has 0 aromatic rings. The maximum atomic E-state index is 13.2. The molecule has 3 saturated carbocycles. The van der Waals surface area contributed by atoms with Gasteiger partial charge in [0.25, 0.3) is 0 Å². The molecule has 0 radical (unpaired) electrons. The summed E-state index contributed by atoms with van der Waals surface area (Å²) in [7, 11) is 0. The number of carbonyl (C=O) groups is 1. The Labute approximate surface area is 179 Å². The predicted molar refractivity (Wildman–Crippen MR) is 119 cm³/mol. The smallest absolute Gasteiger partial charge is 0.223 e. The number of carbonyl (C=O) groups excluding carboxylic acids is 1. The quantitative estimate of drug-likeness (QED) is 0.568. The number of hydrogen-bond acceptors (Lipinski definition) is 2. The largest absolute Gasteiger partial charge is 0.356 e. The summed E-state index contributed by atoms with van der Waals surface area (Å²) >= 11 is 0. The highest BCUT2D eigenvalue weighted by atomic mass is 35.5. The van der Waals surface area contributed by atoms with Gasteiger partial charge in [0.2, 0.25) is 5.91 Å². The van der Waals surface area contributed by atoms with Gasteiger partial charge in [0.15, 0.2) is 0 Å². The number of likely N-dealkylation sites (tertiary alicyclic amines) is 1. The van der Waals surface area contributed by atoms with Gasteiger partial charge in [-0.15, -0.1) is 12.4 Å². The predicted octanol–water partition coefficient (Wildman–Crippen LogP) is 5.42. The molecular weight excluding hydrogens is 368 g/mol. The Kier molecular flexibility index (Phi) is 8.97. The van der Waals surface area contributed by atoms with Crippen LogP contribution in [-0.4, -0.2) is 37.0 Å². The maximum absolute atomic E-state index is 13.2. The molecule has 0 aromatic carbocycles. The van der Waals surface area contributed by atoms with Gasteiger partial charge < -0.3 is 10.2 Å². The number of rotatable bonds is 7. The molecule has 1 amide bonds. The third-order valence-corrected chi connectivity index (χ3v) is 8.37. The molecule has 1 aliphatic heterocycles. The van der Waals surface area contributed by atoms with E-state index in [1.807, 2.05) is 0 Å². The van der Waals surface area contributed by atoms with E-state index in [1.165, 1.54) is 103 Å². The second-order valence-electron chi connectivity index (χ2n) is 10.2. The van der Waals surface area contributed by atoms with Crippen LogP contribution in [0.1, 0.15) is 89.9 Å². The maximum Gasteiger partial charge on any atom is 0.223 e. The van der Waals surface area contributed by atoms with E-state index >= 15 is 0 Å². The van der Waals surface area contributed by atoms with Gasteiger partial charge in [-0.1, -0.05) is 44.9 Å². The molecule has 3 nitrogen and oxygen atoms in total. The number of fused-ring (bicyclic) bond motifs is 1. The molecule has 1 heterocycles. The topological polar surface area (TPSA) is 32.3 Å². The third kappa shape index (κ3) is 5.65. The fourth-order valence-corrected chi connectivity index (χ4v) is 6.95. The molecule has 2 atom stereocenters. The van der Waals surface area contributed by atoms with Crippen molar-refractivity contribution >= 4 is 18.3 Å². The van der Waals surface area contributed by atoms with Gasteiger partial charge in [0, 0.05) is 25.6 Å². The number of halogens is 1. The van der Waals surface area contributed by atoms with Crippen molar-refractivity contribution in [3.63, 3.8) is 0 Å². The fraction of sp³-hybridized carbons (Fsp3) is 0.958. The van der Waals surface area contributed by atoms with Crippen LogP contribution >= 0.6 is 12.4 Å². The Hall–Kier alpha value is -0.280. The van der Waals surface area contributed by atoms with Crippen molar-refractivity contribution in [2.24, 2.45) is 29.6 Å². The van der Waals surface area contributed by atoms with Gasteiger partial charge in [-0.3, -0.25) is 4.79 Å². The van der Waals surface area contributed by atoms with Crippen LogP contribution in [0.15, 0.2) is 0 Å². The summed E-state index contributed by atoms with van der Waals surface area (Å²) in [6, 6.07) is 0. The Morgan fingerprint density at radius 1 is 0.786 bits per heavy atom. The van der Waals surface area contributed by atoms with Crippen LogP contribution in [0.3, 0.4) is 0 Å². The minimum Gasteiger partial charge on any atom is -0.356 e. The van der Waals surface area contributed by atoms with Gasteiger partial charge in [0.05, 0.1) is 0 Å². The van der Waals surface area contributed by atoms with Crippen LogP contribution in [0.5, 0.6) is 0 Å². The summed E-state index contributed by atoms with van der Waals surface area (Å²) in [6.45, 7) is 4.72. The molecule has 0 bridgehead atoms. The molecule has 0 spiro atoms. The van der Waals surface area contributed by atoms with Crippen LogP contribution in [0.25, 0.3) is 0 Å². The SMILES string of the molecule is Cl.O=C(NCCCN1CC2CCCC2C1)C(C1CCCCC1)C1CCCCC1. The van der Waals surface area contributed by atoms with Crippen molar-refractivity contribution in [2.75, 3.05) is 26.2 Å². The second-order valence-corrected chi connectivity index (χ2v) is 10.2. The molecule has 1 saturated heterocycles. The summed E-state index contributed by atoms with van der Waals surface area (Å²) in [5, 5.41) is 3.39. The highest BCUT2D eigenvalue weighted by Gasteiger charge is 2.37. The highest BCUT2D eigenvalue weighted by Crippen LogP contribution is 2.40. The van der Waals surface area contributed by atoms with E-state index in [0.29, 0.717) is 23.7 Å². The Bertz CT molecular complexity index is 443. The minimum atomic E-state index is 0. The van der Waals surface area contributed by atoms with Gasteiger partial charge in [0.1, 0.15) is 0 Å². The molecule has 4 fully saturated rings. The van der Waals surface area contributed by atoms with Gasteiger partial charge in [-0.2, -0.15) is 0 Å². The molecule has 2 unspecified atom stereocenters. The average molecular weight is 411 g/mol. The van der Waals surface area contributed by atoms with Crippen molar-refractivity contribution in [3.05, 3.63) is 0 Å². The lowest BCUT2D eigenvalue weighted by Gasteiger charge is -2.36. The molecule has 3 aliphatic carbocycles. The Morgan fingerprint density at radius 2 is 1.32 bits per heavy atom. The zero-order chi connectivity index (χ0) is 18.5. The first-order chi connectivity index (χ1) is 13.3. The van der Waals surface area contributed by atoms with Crippen molar-refractivity contribution in [1.82, 2.24) is 10.2 Å². The van der Waals surface area contributed by atoms with E-state index in [-0.39, 0.29) is 12.4 Å². The molecule has 162 valence electrons. The lowest BCUT2D eigenvalue weighted by molar-refractivity contribution is -0.130. The Morgan fingerprint density at radius 3 is 1.86 bits per heavy atom. The van der Waals surface area contributed by atoms with Gasteiger partial charge in [-0.25, -0.2) is 0 Å². The van der Waals surface area contributed by atoms with E-state index in [9.17, 15) is 4.79 Å². The summed E-state index contributed by atoms with van der Waals surface area (Å²) < 4.78 is 0. The first-order valence-electron chi connectivity index (χ1n) is 12.3. The lowest BCUT2D eigenvalue weighted by atomic mass is 9.69. The molecule has 28 heavy (non-hydrogen) atoms. The van der Waals surface area contributed by atoms with Crippen LogP contribution in [0.2, 0.25) is 0 Å². The van der Waals surface area contributed by atoms with Crippen LogP contribution in [-0.2, 0) is 4.79 Å². The van der Waals surface area contributed by atoms with E-state index in [4.69, 9.17) is 0 Å². The summed E-state index contributed by atoms with van der Waals surface area (Å²) in [5.74, 6) is 4.03. The zero-order valence-corrected chi connectivity index (χ0v) is 18.7. The normalized spacial score (nSPS) is 29.6. The molecule has 4 aliphatic rings. The van der Waals surface area contributed by atoms with E-state index in [1.54, 1.807) is 0 Å². The van der Waals surface area contributed by atoms with Crippen LogP contribution in [0.4, 0.5) is 0 Å². The number of amides is 1. The summed E-state index contributed by atoms with van der Waals surface area (Å²) in [5.41, 5.74) is 0. The number of hydrogen-bond donors (Lipinski definition) is 1. The first kappa shape index (κ1) is 22.4. The minimum absolute atomic E-state index is 0. The van der Waals surface area contributed by atoms with E-state index < -0.39 is 0 Å².